The van der Waals surface area contributed by atoms with Crippen LogP contribution in [0.25, 0.3) is 10.9 Å². The van der Waals surface area contributed by atoms with E-state index in [1.54, 1.807) is 0 Å². The fourth-order valence-corrected chi connectivity index (χ4v) is 2.58. The van der Waals surface area contributed by atoms with Crippen LogP contribution >= 0.6 is 11.5 Å². The van der Waals surface area contributed by atoms with Crippen LogP contribution in [0.1, 0.15) is 16.4 Å². The van der Waals surface area contributed by atoms with E-state index in [1.165, 1.54) is 22.5 Å². The maximum absolute atomic E-state index is 5.50. The summed E-state index contributed by atoms with van der Waals surface area (Å²) >= 11 is 1.43. The Morgan fingerprint density at radius 3 is 3.00 bits per heavy atom. The first-order valence-corrected chi connectivity index (χ1v) is 6.20. The third-order valence-corrected chi connectivity index (χ3v) is 3.46. The second kappa shape index (κ2) is 4.27. The molecule has 3 rings (SSSR count). The summed E-state index contributed by atoms with van der Waals surface area (Å²) in [6, 6.07) is 8.27. The average Bonchev–Trinajstić information content (AvgIpc) is 2.97. The highest BCUT2D eigenvalue weighted by molar-refractivity contribution is 7.05. The van der Waals surface area contributed by atoms with E-state index in [9.17, 15) is 0 Å². The van der Waals surface area contributed by atoms with Gasteiger partial charge in [0.05, 0.1) is 6.54 Å². The Morgan fingerprint density at radius 1 is 1.29 bits per heavy atom. The van der Waals surface area contributed by atoms with E-state index in [4.69, 9.17) is 5.73 Å². The van der Waals surface area contributed by atoms with Gasteiger partial charge in [0.25, 0.3) is 0 Å². The summed E-state index contributed by atoms with van der Waals surface area (Å²) < 4.78 is 4.19. The quantitative estimate of drug-likeness (QED) is 0.741. The summed E-state index contributed by atoms with van der Waals surface area (Å²) in [5, 5.41) is 2.26. The van der Waals surface area contributed by atoms with Gasteiger partial charge in [0.2, 0.25) is 0 Å². The molecular formula is C12H12N4S. The average molecular weight is 244 g/mol. The van der Waals surface area contributed by atoms with E-state index in [0.29, 0.717) is 6.54 Å². The molecule has 17 heavy (non-hydrogen) atoms. The van der Waals surface area contributed by atoms with Crippen molar-refractivity contribution in [1.82, 2.24) is 14.3 Å². The Balaban J connectivity index is 1.94. The summed E-state index contributed by atoms with van der Waals surface area (Å²) in [6.07, 6.45) is 2.84. The van der Waals surface area contributed by atoms with Gasteiger partial charge < -0.3 is 10.7 Å². The Kier molecular flexibility index (Phi) is 2.62. The van der Waals surface area contributed by atoms with Gasteiger partial charge >= 0.3 is 0 Å². The molecule has 0 fully saturated rings. The number of rotatable bonds is 3. The van der Waals surface area contributed by atoms with Crippen molar-refractivity contribution in [3.05, 3.63) is 46.9 Å². The highest BCUT2D eigenvalue weighted by atomic mass is 32.1. The monoisotopic (exact) mass is 244 g/mol. The Labute approximate surface area is 103 Å². The molecule has 0 unspecified atom stereocenters. The van der Waals surface area contributed by atoms with Gasteiger partial charge in [0, 0.05) is 23.5 Å². The fraction of sp³-hybridized carbons (Fsp3) is 0.167. The summed E-state index contributed by atoms with van der Waals surface area (Å²) in [7, 11) is 0. The van der Waals surface area contributed by atoms with Crippen LogP contribution in [-0.4, -0.2) is 14.3 Å². The minimum atomic E-state index is 0.407. The van der Waals surface area contributed by atoms with Gasteiger partial charge in [-0.2, -0.15) is 4.37 Å². The number of aromatic amines is 1. The molecule has 2 heterocycles. The van der Waals surface area contributed by atoms with Gasteiger partial charge in [0.15, 0.2) is 5.82 Å². The first-order chi connectivity index (χ1) is 8.36. The van der Waals surface area contributed by atoms with Crippen molar-refractivity contribution >= 4 is 22.4 Å². The normalized spacial score (nSPS) is 11.1. The third kappa shape index (κ3) is 1.94. The Bertz CT molecular complexity index is 641. The molecule has 0 aliphatic carbocycles. The number of para-hydroxylation sites is 1. The van der Waals surface area contributed by atoms with Crippen molar-refractivity contribution in [1.29, 1.82) is 0 Å². The number of nitrogens with zero attached hydrogens (tertiary/aromatic N) is 2. The van der Waals surface area contributed by atoms with E-state index in [-0.39, 0.29) is 0 Å². The SMILES string of the molecule is NCc1nsc(Cc2c[nH]c3ccccc23)n1. The summed E-state index contributed by atoms with van der Waals surface area (Å²) in [4.78, 5) is 7.64. The van der Waals surface area contributed by atoms with E-state index in [0.717, 1.165) is 22.8 Å². The highest BCUT2D eigenvalue weighted by Gasteiger charge is 2.07. The van der Waals surface area contributed by atoms with Gasteiger partial charge in [-0.3, -0.25) is 0 Å². The lowest BCUT2D eigenvalue weighted by Gasteiger charge is -1.94. The maximum Gasteiger partial charge on any atom is 0.156 e. The summed E-state index contributed by atoms with van der Waals surface area (Å²) in [5.41, 5.74) is 7.91. The topological polar surface area (TPSA) is 67.6 Å². The third-order valence-electron chi connectivity index (χ3n) is 2.71. The number of hydrogen-bond acceptors (Lipinski definition) is 4. The molecule has 0 saturated carbocycles. The Hall–Kier alpha value is -1.72. The van der Waals surface area contributed by atoms with Crippen molar-refractivity contribution in [2.75, 3.05) is 0 Å². The van der Waals surface area contributed by atoms with Crippen LogP contribution in [-0.2, 0) is 13.0 Å². The lowest BCUT2D eigenvalue weighted by molar-refractivity contribution is 0.939. The van der Waals surface area contributed by atoms with Crippen LogP contribution in [0.5, 0.6) is 0 Å². The van der Waals surface area contributed by atoms with E-state index in [2.05, 4.69) is 26.5 Å². The number of aromatic nitrogens is 3. The molecule has 3 aromatic rings. The zero-order valence-electron chi connectivity index (χ0n) is 9.18. The molecule has 0 spiro atoms. The van der Waals surface area contributed by atoms with Crippen molar-refractivity contribution < 1.29 is 0 Å². The minimum absolute atomic E-state index is 0.407. The molecule has 4 nitrogen and oxygen atoms in total. The molecule has 0 atom stereocenters. The van der Waals surface area contributed by atoms with Gasteiger partial charge in [0.1, 0.15) is 5.01 Å². The number of hydrogen-bond donors (Lipinski definition) is 2. The molecule has 5 heteroatoms. The van der Waals surface area contributed by atoms with Crippen molar-refractivity contribution in [3.63, 3.8) is 0 Å². The molecule has 0 aliphatic heterocycles. The Morgan fingerprint density at radius 2 is 2.18 bits per heavy atom. The second-order valence-corrected chi connectivity index (χ2v) is 4.68. The number of benzene rings is 1. The molecule has 0 saturated heterocycles. The number of H-pyrrole nitrogens is 1. The van der Waals surface area contributed by atoms with Crippen LogP contribution < -0.4 is 5.73 Å². The second-order valence-electron chi connectivity index (χ2n) is 3.84. The van der Waals surface area contributed by atoms with Crippen LogP contribution in [0.3, 0.4) is 0 Å². The lowest BCUT2D eigenvalue weighted by Crippen LogP contribution is -1.98. The number of nitrogens with two attached hydrogens (primary N) is 1. The molecular weight excluding hydrogens is 232 g/mol. The van der Waals surface area contributed by atoms with E-state index in [1.807, 2.05) is 18.3 Å². The molecule has 0 bridgehead atoms. The first-order valence-electron chi connectivity index (χ1n) is 5.43. The van der Waals surface area contributed by atoms with Crippen molar-refractivity contribution in [2.45, 2.75) is 13.0 Å². The zero-order chi connectivity index (χ0) is 11.7. The molecule has 3 N–H and O–H groups in total. The standard InChI is InChI=1S/C12H12N4S/c13-6-11-15-12(17-16-11)5-8-7-14-10-4-2-1-3-9(8)10/h1-4,7,14H,5-6,13H2. The predicted octanol–water partition coefficient (Wildman–Crippen LogP) is 2.07. The van der Waals surface area contributed by atoms with Gasteiger partial charge in [-0.25, -0.2) is 4.98 Å². The van der Waals surface area contributed by atoms with Crippen LogP contribution in [0, 0.1) is 0 Å². The van der Waals surface area contributed by atoms with E-state index < -0.39 is 0 Å². The van der Waals surface area contributed by atoms with Crippen LogP contribution in [0.15, 0.2) is 30.5 Å². The minimum Gasteiger partial charge on any atom is -0.361 e. The van der Waals surface area contributed by atoms with Crippen LogP contribution in [0.2, 0.25) is 0 Å². The summed E-state index contributed by atoms with van der Waals surface area (Å²) in [6.45, 7) is 0.407. The predicted molar refractivity (Wildman–Crippen MR) is 68.9 cm³/mol. The zero-order valence-corrected chi connectivity index (χ0v) is 10.00. The van der Waals surface area contributed by atoms with Crippen LogP contribution in [0.4, 0.5) is 0 Å². The van der Waals surface area contributed by atoms with Gasteiger partial charge in [-0.1, -0.05) is 18.2 Å². The van der Waals surface area contributed by atoms with E-state index >= 15 is 0 Å². The molecule has 0 amide bonds. The molecule has 1 aromatic carbocycles. The summed E-state index contributed by atoms with van der Waals surface area (Å²) in [5.74, 6) is 0.727. The molecule has 0 radical (unpaired) electrons. The maximum atomic E-state index is 5.50. The number of nitrogens with one attached hydrogen (secondary N) is 1. The smallest absolute Gasteiger partial charge is 0.156 e. The largest absolute Gasteiger partial charge is 0.361 e. The van der Waals surface area contributed by atoms with Crippen molar-refractivity contribution in [3.8, 4) is 0 Å². The molecule has 0 aliphatic rings. The van der Waals surface area contributed by atoms with Gasteiger partial charge in [-0.05, 0) is 23.2 Å². The fourth-order valence-electron chi connectivity index (χ4n) is 1.89. The highest BCUT2D eigenvalue weighted by Crippen LogP contribution is 2.21. The van der Waals surface area contributed by atoms with Gasteiger partial charge in [-0.15, -0.1) is 0 Å². The van der Waals surface area contributed by atoms with Crippen molar-refractivity contribution in [2.24, 2.45) is 5.73 Å². The number of fused-ring (bicyclic) bond motifs is 1. The lowest BCUT2D eigenvalue weighted by atomic mass is 10.1. The molecule has 86 valence electrons. The first kappa shape index (κ1) is 10.4. The molecule has 2 aromatic heterocycles.